The summed E-state index contributed by atoms with van der Waals surface area (Å²) < 4.78 is 11.8. The first-order valence-electron chi connectivity index (χ1n) is 12.1. The van der Waals surface area contributed by atoms with Crippen LogP contribution in [-0.2, 0) is 18.0 Å². The van der Waals surface area contributed by atoms with Crippen LogP contribution in [0.3, 0.4) is 0 Å². The maximum atomic E-state index is 11.2. The smallest absolute Gasteiger partial charge is 0.324 e. The monoisotopic (exact) mass is 508 g/mol. The zero-order valence-electron chi connectivity index (χ0n) is 21.3. The van der Waals surface area contributed by atoms with E-state index in [0.29, 0.717) is 18.7 Å². The number of aromatic nitrogens is 3. The Hall–Kier alpha value is -4.97. The SMILES string of the molecule is CC(=O)NCCNc1nc(OCc2cccc(C#N)c2)nc(OCc2cccc(-c3ccccc3)c2C)n1. The van der Waals surface area contributed by atoms with Crippen molar-refractivity contribution in [3.8, 4) is 29.2 Å². The van der Waals surface area contributed by atoms with Crippen LogP contribution in [-0.4, -0.2) is 33.9 Å². The number of amides is 1. The largest absolute Gasteiger partial charge is 0.458 e. The van der Waals surface area contributed by atoms with Gasteiger partial charge in [-0.25, -0.2) is 0 Å². The Kier molecular flexibility index (Phi) is 8.81. The predicted octanol–water partition coefficient (Wildman–Crippen LogP) is 4.42. The molecule has 2 N–H and O–H groups in total. The topological polar surface area (TPSA) is 122 Å². The molecule has 0 aliphatic rings. The van der Waals surface area contributed by atoms with Crippen LogP contribution >= 0.6 is 0 Å². The third-order valence-corrected chi connectivity index (χ3v) is 5.69. The molecule has 38 heavy (non-hydrogen) atoms. The number of carbonyl (C=O) groups is 1. The van der Waals surface area contributed by atoms with Gasteiger partial charge < -0.3 is 20.1 Å². The fourth-order valence-electron chi connectivity index (χ4n) is 3.75. The van der Waals surface area contributed by atoms with Crippen molar-refractivity contribution >= 4 is 11.9 Å². The first-order valence-corrected chi connectivity index (χ1v) is 12.1. The van der Waals surface area contributed by atoms with Gasteiger partial charge in [-0.3, -0.25) is 4.79 Å². The Bertz CT molecular complexity index is 1440. The number of rotatable bonds is 11. The first-order chi connectivity index (χ1) is 18.5. The summed E-state index contributed by atoms with van der Waals surface area (Å²) >= 11 is 0. The van der Waals surface area contributed by atoms with E-state index in [1.54, 1.807) is 18.2 Å². The molecule has 0 spiro atoms. The minimum atomic E-state index is -0.122. The van der Waals surface area contributed by atoms with Gasteiger partial charge in [-0.1, -0.05) is 60.7 Å². The van der Waals surface area contributed by atoms with Gasteiger partial charge in [0, 0.05) is 20.0 Å². The lowest BCUT2D eigenvalue weighted by Crippen LogP contribution is -2.26. The Morgan fingerprint density at radius 2 is 1.63 bits per heavy atom. The lowest BCUT2D eigenvalue weighted by molar-refractivity contribution is -0.118. The van der Waals surface area contributed by atoms with E-state index in [1.165, 1.54) is 6.92 Å². The van der Waals surface area contributed by atoms with E-state index in [0.717, 1.165) is 27.8 Å². The number of nitrogens with one attached hydrogen (secondary N) is 2. The summed E-state index contributed by atoms with van der Waals surface area (Å²) in [5.74, 6) is 0.138. The fraction of sp³-hybridized carbons (Fsp3) is 0.207. The second-order valence-corrected chi connectivity index (χ2v) is 8.48. The van der Waals surface area contributed by atoms with Gasteiger partial charge in [-0.15, -0.1) is 4.98 Å². The number of hydrogen-bond acceptors (Lipinski definition) is 8. The summed E-state index contributed by atoms with van der Waals surface area (Å²) in [7, 11) is 0. The van der Waals surface area contributed by atoms with E-state index in [2.05, 4.69) is 56.8 Å². The Morgan fingerprint density at radius 3 is 2.37 bits per heavy atom. The molecule has 0 atom stereocenters. The van der Waals surface area contributed by atoms with Crippen LogP contribution in [0.1, 0.15) is 29.2 Å². The van der Waals surface area contributed by atoms with Gasteiger partial charge in [0.05, 0.1) is 11.6 Å². The van der Waals surface area contributed by atoms with Crippen LogP contribution in [0.4, 0.5) is 5.95 Å². The second-order valence-electron chi connectivity index (χ2n) is 8.48. The van der Waals surface area contributed by atoms with Crippen molar-refractivity contribution in [2.45, 2.75) is 27.1 Å². The molecule has 1 aromatic heterocycles. The summed E-state index contributed by atoms with van der Waals surface area (Å²) in [5, 5.41) is 14.9. The van der Waals surface area contributed by atoms with Crippen molar-refractivity contribution in [2.24, 2.45) is 0 Å². The fourth-order valence-corrected chi connectivity index (χ4v) is 3.75. The van der Waals surface area contributed by atoms with Crippen LogP contribution in [0.2, 0.25) is 0 Å². The molecule has 0 saturated heterocycles. The van der Waals surface area contributed by atoms with Gasteiger partial charge in [0.15, 0.2) is 0 Å². The summed E-state index contributed by atoms with van der Waals surface area (Å²) in [5.41, 5.74) is 5.72. The van der Waals surface area contributed by atoms with Crippen molar-refractivity contribution in [1.29, 1.82) is 5.26 Å². The normalized spacial score (nSPS) is 10.3. The van der Waals surface area contributed by atoms with E-state index in [9.17, 15) is 4.79 Å². The molecule has 9 heteroatoms. The summed E-state index contributed by atoms with van der Waals surface area (Å²) in [6.07, 6.45) is 0. The van der Waals surface area contributed by atoms with Crippen LogP contribution in [0, 0.1) is 18.3 Å². The number of anilines is 1. The maximum Gasteiger partial charge on any atom is 0.324 e. The Morgan fingerprint density at radius 1 is 0.895 bits per heavy atom. The van der Waals surface area contributed by atoms with Crippen molar-refractivity contribution in [3.05, 3.63) is 95.1 Å². The standard InChI is InChI=1S/C29H28N6O3/c1-20-25(12-7-13-26(20)24-10-4-3-5-11-24)19-38-29-34-27(32-15-14-31-21(2)36)33-28(35-29)37-18-23-9-6-8-22(16-23)17-30/h3-13,16H,14-15,18-19H2,1-2H3,(H,31,36)(H,32,33,34,35). The van der Waals surface area contributed by atoms with Crippen molar-refractivity contribution in [1.82, 2.24) is 20.3 Å². The number of ether oxygens (including phenoxy) is 2. The number of nitriles is 1. The highest BCUT2D eigenvalue weighted by atomic mass is 16.5. The maximum absolute atomic E-state index is 11.2. The van der Waals surface area contributed by atoms with Crippen molar-refractivity contribution in [3.63, 3.8) is 0 Å². The molecular formula is C29H28N6O3. The molecule has 9 nitrogen and oxygen atoms in total. The number of carbonyl (C=O) groups excluding carboxylic acids is 1. The van der Waals surface area contributed by atoms with Crippen molar-refractivity contribution < 1.29 is 14.3 Å². The van der Waals surface area contributed by atoms with Gasteiger partial charge in [0.25, 0.3) is 0 Å². The van der Waals surface area contributed by atoms with E-state index in [4.69, 9.17) is 14.7 Å². The van der Waals surface area contributed by atoms with Crippen LogP contribution in [0.5, 0.6) is 12.0 Å². The zero-order valence-corrected chi connectivity index (χ0v) is 21.3. The minimum Gasteiger partial charge on any atom is -0.458 e. The highest BCUT2D eigenvalue weighted by molar-refractivity contribution is 5.72. The quantitative estimate of drug-likeness (QED) is 0.286. The van der Waals surface area contributed by atoms with Gasteiger partial charge in [0.1, 0.15) is 13.2 Å². The summed E-state index contributed by atoms with van der Waals surface area (Å²) in [6.45, 7) is 4.75. The van der Waals surface area contributed by atoms with Gasteiger partial charge in [0.2, 0.25) is 11.9 Å². The number of benzene rings is 3. The van der Waals surface area contributed by atoms with Crippen LogP contribution < -0.4 is 20.1 Å². The Labute approximate surface area is 221 Å². The first kappa shape index (κ1) is 26.1. The molecule has 1 heterocycles. The molecule has 1 amide bonds. The molecule has 0 unspecified atom stereocenters. The molecule has 0 aliphatic carbocycles. The second kappa shape index (κ2) is 12.8. The van der Waals surface area contributed by atoms with Crippen LogP contribution in [0.15, 0.2) is 72.8 Å². The van der Waals surface area contributed by atoms with Crippen molar-refractivity contribution in [2.75, 3.05) is 18.4 Å². The zero-order chi connectivity index (χ0) is 26.7. The van der Waals surface area contributed by atoms with E-state index < -0.39 is 0 Å². The van der Waals surface area contributed by atoms with E-state index in [1.807, 2.05) is 36.4 Å². The molecule has 4 aromatic rings. The van der Waals surface area contributed by atoms with Gasteiger partial charge in [-0.05, 0) is 46.9 Å². The summed E-state index contributed by atoms with van der Waals surface area (Å²) in [4.78, 5) is 24.2. The molecule has 192 valence electrons. The molecule has 0 fully saturated rings. The lowest BCUT2D eigenvalue weighted by Gasteiger charge is -2.13. The average molecular weight is 509 g/mol. The lowest BCUT2D eigenvalue weighted by atomic mass is 9.97. The molecule has 3 aromatic carbocycles. The number of nitrogens with zero attached hydrogens (tertiary/aromatic N) is 4. The minimum absolute atomic E-state index is 0.0779. The molecule has 4 rings (SSSR count). The third-order valence-electron chi connectivity index (χ3n) is 5.69. The summed E-state index contributed by atoms with van der Waals surface area (Å²) in [6, 6.07) is 25.7. The Balaban J connectivity index is 1.50. The van der Waals surface area contributed by atoms with E-state index in [-0.39, 0.29) is 37.1 Å². The van der Waals surface area contributed by atoms with Gasteiger partial charge in [-0.2, -0.15) is 15.2 Å². The highest BCUT2D eigenvalue weighted by Gasteiger charge is 2.12. The molecule has 0 bridgehead atoms. The van der Waals surface area contributed by atoms with Gasteiger partial charge >= 0.3 is 12.0 Å². The van der Waals surface area contributed by atoms with Crippen LogP contribution in [0.25, 0.3) is 11.1 Å². The predicted molar refractivity (Wildman–Crippen MR) is 143 cm³/mol. The third kappa shape index (κ3) is 7.27. The van der Waals surface area contributed by atoms with E-state index >= 15 is 0 Å². The molecule has 0 radical (unpaired) electrons. The average Bonchev–Trinajstić information content (AvgIpc) is 2.94. The molecule has 0 aliphatic heterocycles. The molecular weight excluding hydrogens is 480 g/mol. The molecule has 0 saturated carbocycles. The number of hydrogen-bond donors (Lipinski definition) is 2. The highest BCUT2D eigenvalue weighted by Crippen LogP contribution is 2.26.